The predicted molar refractivity (Wildman–Crippen MR) is 93.1 cm³/mol. The molecule has 1 N–H and O–H groups in total. The summed E-state index contributed by atoms with van der Waals surface area (Å²) in [5.74, 6) is 0.785. The number of nitrogens with one attached hydrogen (secondary N) is 1. The minimum absolute atomic E-state index is 0.0211. The number of aryl methyl sites for hydroxylation is 1. The Morgan fingerprint density at radius 1 is 1.42 bits per heavy atom. The Labute approximate surface area is 144 Å². The molecular formula is C18H21N3O2S. The predicted octanol–water partition coefficient (Wildman–Crippen LogP) is 2.39. The van der Waals surface area contributed by atoms with Gasteiger partial charge in [0, 0.05) is 17.0 Å². The molecule has 0 bridgehead atoms. The van der Waals surface area contributed by atoms with Crippen LogP contribution in [-0.4, -0.2) is 27.3 Å². The summed E-state index contributed by atoms with van der Waals surface area (Å²) in [4.78, 5) is 35.7. The third-order valence-electron chi connectivity index (χ3n) is 5.52. The molecule has 2 aliphatic rings. The van der Waals surface area contributed by atoms with Crippen LogP contribution in [0.1, 0.15) is 42.2 Å². The van der Waals surface area contributed by atoms with Crippen LogP contribution in [0.25, 0.3) is 0 Å². The number of hydrogen-bond acceptors (Lipinski definition) is 4. The largest absolute Gasteiger partial charge is 0.336 e. The van der Waals surface area contributed by atoms with Crippen molar-refractivity contribution in [2.45, 2.75) is 45.6 Å². The maximum atomic E-state index is 13.4. The van der Waals surface area contributed by atoms with E-state index in [1.165, 1.54) is 0 Å². The van der Waals surface area contributed by atoms with Crippen molar-refractivity contribution in [1.29, 1.82) is 0 Å². The maximum absolute atomic E-state index is 13.4. The molecule has 3 heterocycles. The average molecular weight is 343 g/mol. The van der Waals surface area contributed by atoms with Crippen LogP contribution in [0.2, 0.25) is 0 Å². The lowest BCUT2D eigenvalue weighted by Gasteiger charge is -2.32. The van der Waals surface area contributed by atoms with E-state index < -0.39 is 5.41 Å². The molecule has 0 spiro atoms. The van der Waals surface area contributed by atoms with Crippen LogP contribution in [-0.2, 0) is 23.2 Å². The van der Waals surface area contributed by atoms with Crippen LogP contribution in [0.3, 0.4) is 0 Å². The summed E-state index contributed by atoms with van der Waals surface area (Å²) in [5, 5.41) is 2.04. The number of aromatic nitrogens is 2. The van der Waals surface area contributed by atoms with Crippen molar-refractivity contribution in [1.82, 2.24) is 14.9 Å². The lowest BCUT2D eigenvalue weighted by Crippen LogP contribution is -2.45. The number of H-pyrrole nitrogens is 1. The van der Waals surface area contributed by atoms with Crippen LogP contribution < -0.4 is 5.56 Å². The highest BCUT2D eigenvalue weighted by atomic mass is 32.1. The van der Waals surface area contributed by atoms with Gasteiger partial charge in [0.15, 0.2) is 0 Å². The van der Waals surface area contributed by atoms with E-state index in [4.69, 9.17) is 0 Å². The number of amides is 1. The van der Waals surface area contributed by atoms with Gasteiger partial charge in [0.2, 0.25) is 5.91 Å². The fraction of sp³-hybridized carbons (Fsp3) is 0.500. The van der Waals surface area contributed by atoms with E-state index in [0.717, 1.165) is 22.6 Å². The normalized spacial score (nSPS) is 24.5. The van der Waals surface area contributed by atoms with Crippen LogP contribution in [0.5, 0.6) is 0 Å². The van der Waals surface area contributed by atoms with E-state index in [9.17, 15) is 9.59 Å². The Balaban J connectivity index is 1.68. The third-order valence-corrected chi connectivity index (χ3v) is 6.56. The van der Waals surface area contributed by atoms with Gasteiger partial charge in [-0.2, -0.15) is 0 Å². The SMILES string of the molecule is Cc1nc2c(c(=O)[nH]1)CCN(C(=O)[C@@]1(c3cccs3)CC1(C)C)C2. The van der Waals surface area contributed by atoms with Crippen molar-refractivity contribution in [3.05, 3.63) is 49.8 Å². The van der Waals surface area contributed by atoms with Gasteiger partial charge in [-0.15, -0.1) is 11.3 Å². The zero-order chi connectivity index (χ0) is 17.1. The highest BCUT2D eigenvalue weighted by Gasteiger charge is 2.68. The number of rotatable bonds is 2. The first-order valence-corrected chi connectivity index (χ1v) is 9.15. The summed E-state index contributed by atoms with van der Waals surface area (Å²) in [7, 11) is 0. The van der Waals surface area contributed by atoms with E-state index in [-0.39, 0.29) is 16.9 Å². The molecule has 0 unspecified atom stereocenters. The highest BCUT2D eigenvalue weighted by Crippen LogP contribution is 2.66. The van der Waals surface area contributed by atoms with Gasteiger partial charge in [0.05, 0.1) is 17.7 Å². The van der Waals surface area contributed by atoms with E-state index in [0.29, 0.717) is 25.3 Å². The number of thiophene rings is 1. The maximum Gasteiger partial charge on any atom is 0.254 e. The van der Waals surface area contributed by atoms with Crippen molar-refractivity contribution < 1.29 is 4.79 Å². The molecule has 1 aliphatic heterocycles. The number of fused-ring (bicyclic) bond motifs is 1. The summed E-state index contributed by atoms with van der Waals surface area (Å²) >= 11 is 1.66. The van der Waals surface area contributed by atoms with Crippen molar-refractivity contribution in [3.8, 4) is 0 Å². The second-order valence-corrected chi connectivity index (χ2v) is 8.44. The quantitative estimate of drug-likeness (QED) is 0.910. The molecule has 0 saturated heterocycles. The van der Waals surface area contributed by atoms with E-state index in [1.807, 2.05) is 16.3 Å². The van der Waals surface area contributed by atoms with Crippen molar-refractivity contribution in [2.75, 3.05) is 6.54 Å². The van der Waals surface area contributed by atoms with Crippen molar-refractivity contribution in [3.63, 3.8) is 0 Å². The first kappa shape index (κ1) is 15.6. The topological polar surface area (TPSA) is 66.1 Å². The van der Waals surface area contributed by atoms with Gasteiger partial charge < -0.3 is 9.88 Å². The molecule has 2 aromatic heterocycles. The van der Waals surface area contributed by atoms with Crippen LogP contribution in [0, 0.1) is 12.3 Å². The van der Waals surface area contributed by atoms with Gasteiger partial charge in [-0.3, -0.25) is 9.59 Å². The minimum atomic E-state index is -0.408. The van der Waals surface area contributed by atoms with Gasteiger partial charge in [-0.05, 0) is 36.6 Å². The Kier molecular flexibility index (Phi) is 3.26. The Morgan fingerprint density at radius 2 is 2.17 bits per heavy atom. The van der Waals surface area contributed by atoms with Crippen LogP contribution in [0.15, 0.2) is 22.3 Å². The second kappa shape index (κ2) is 5.02. The van der Waals surface area contributed by atoms with Gasteiger partial charge >= 0.3 is 0 Å². The van der Waals surface area contributed by atoms with E-state index in [1.54, 1.807) is 18.3 Å². The fourth-order valence-electron chi connectivity index (χ4n) is 4.04. The van der Waals surface area contributed by atoms with Gasteiger partial charge in [0.1, 0.15) is 5.82 Å². The van der Waals surface area contributed by atoms with Gasteiger partial charge in [-0.1, -0.05) is 19.9 Å². The van der Waals surface area contributed by atoms with Crippen molar-refractivity contribution >= 4 is 17.2 Å². The van der Waals surface area contributed by atoms with Gasteiger partial charge in [-0.25, -0.2) is 4.98 Å². The summed E-state index contributed by atoms with van der Waals surface area (Å²) in [6.45, 7) is 7.12. The molecule has 1 amide bonds. The first-order chi connectivity index (χ1) is 11.3. The molecule has 0 aromatic carbocycles. The third kappa shape index (κ3) is 2.09. The van der Waals surface area contributed by atoms with E-state index in [2.05, 4.69) is 29.9 Å². The zero-order valence-corrected chi connectivity index (χ0v) is 15.0. The summed E-state index contributed by atoms with van der Waals surface area (Å²) in [6, 6.07) is 4.09. The molecular weight excluding hydrogens is 322 g/mol. The monoisotopic (exact) mass is 343 g/mol. The molecule has 1 saturated carbocycles. The zero-order valence-electron chi connectivity index (χ0n) is 14.2. The number of nitrogens with zero attached hydrogens (tertiary/aromatic N) is 2. The molecule has 1 aliphatic carbocycles. The molecule has 6 heteroatoms. The summed E-state index contributed by atoms with van der Waals surface area (Å²) in [5.41, 5.74) is 0.978. The molecule has 5 nitrogen and oxygen atoms in total. The molecule has 24 heavy (non-hydrogen) atoms. The fourth-order valence-corrected chi connectivity index (χ4v) is 5.14. The Morgan fingerprint density at radius 3 is 2.79 bits per heavy atom. The molecule has 126 valence electrons. The number of carbonyl (C=O) groups is 1. The van der Waals surface area contributed by atoms with Crippen LogP contribution in [0.4, 0.5) is 0 Å². The van der Waals surface area contributed by atoms with Gasteiger partial charge in [0.25, 0.3) is 5.56 Å². The first-order valence-electron chi connectivity index (χ1n) is 8.27. The summed E-state index contributed by atoms with van der Waals surface area (Å²) in [6.07, 6.45) is 1.45. The lowest BCUT2D eigenvalue weighted by atomic mass is 9.91. The second-order valence-electron chi connectivity index (χ2n) is 7.50. The smallest absolute Gasteiger partial charge is 0.254 e. The highest BCUT2D eigenvalue weighted by molar-refractivity contribution is 7.10. The summed E-state index contributed by atoms with van der Waals surface area (Å²) < 4.78 is 0. The molecule has 4 rings (SSSR count). The Bertz CT molecular complexity index is 869. The molecule has 1 fully saturated rings. The minimum Gasteiger partial charge on any atom is -0.336 e. The number of aromatic amines is 1. The lowest BCUT2D eigenvalue weighted by molar-refractivity contribution is -0.135. The molecule has 0 radical (unpaired) electrons. The molecule has 1 atom stereocenters. The standard InChI is InChI=1S/C18H21N3O2S/c1-11-19-13-9-21(7-6-12(13)15(22)20-11)16(23)18(10-17(18,2)3)14-5-4-8-24-14/h4-5,8H,6-7,9-10H2,1-3H3,(H,19,20,22)/t18-/m0/s1. The average Bonchev–Trinajstić information content (AvgIpc) is 2.90. The molecule has 2 aromatic rings. The van der Waals surface area contributed by atoms with Crippen molar-refractivity contribution in [2.24, 2.45) is 5.41 Å². The van der Waals surface area contributed by atoms with E-state index >= 15 is 0 Å². The number of carbonyl (C=O) groups excluding carboxylic acids is 1. The number of hydrogen-bond donors (Lipinski definition) is 1. The Hall–Kier alpha value is -1.95. The van der Waals surface area contributed by atoms with Crippen LogP contribution >= 0.6 is 11.3 Å².